The van der Waals surface area contributed by atoms with Crippen LogP contribution in [0.15, 0.2) is 54.7 Å². The van der Waals surface area contributed by atoms with Crippen molar-refractivity contribution in [3.05, 3.63) is 72.2 Å². The van der Waals surface area contributed by atoms with Crippen LogP contribution >= 0.6 is 0 Å². The second-order valence-corrected chi connectivity index (χ2v) is 6.58. The Morgan fingerprint density at radius 3 is 2.42 bits per heavy atom. The third-order valence-corrected chi connectivity index (χ3v) is 4.14. The fourth-order valence-corrected chi connectivity index (χ4v) is 2.78. The minimum Gasteiger partial charge on any atom is -0.383 e. The molecule has 0 aliphatic carbocycles. The number of aromatic nitrogens is 2. The summed E-state index contributed by atoms with van der Waals surface area (Å²) in [6.07, 6.45) is 1.41. The van der Waals surface area contributed by atoms with Crippen LogP contribution in [-0.2, 0) is 4.74 Å². The van der Waals surface area contributed by atoms with Crippen LogP contribution in [0.3, 0.4) is 0 Å². The van der Waals surface area contributed by atoms with Crippen molar-refractivity contribution >= 4 is 29.2 Å². The summed E-state index contributed by atoms with van der Waals surface area (Å²) in [6.45, 7) is 2.24. The van der Waals surface area contributed by atoms with Crippen LogP contribution in [0, 0.1) is 17.5 Å². The molecule has 2 amide bonds. The Bertz CT molecular complexity index is 1030. The number of hydrogen-bond acceptors (Lipinski definition) is 5. The van der Waals surface area contributed by atoms with E-state index in [1.54, 1.807) is 7.11 Å². The van der Waals surface area contributed by atoms with Gasteiger partial charge >= 0.3 is 6.03 Å². The number of halogens is 3. The standard InChI is InChI=1S/C21H20F3N5O2/c1-13(12-31-2)26-20-25-11-10-18(27-20)29(15-8-6-14(22)7-9-15)21(30)28-19-16(23)4-3-5-17(19)24/h3-11,13H,12H2,1-2H3,(H,28,30)(H,25,26,27). The first-order valence-electron chi connectivity index (χ1n) is 9.28. The van der Waals surface area contributed by atoms with Gasteiger partial charge in [-0.3, -0.25) is 0 Å². The Kier molecular flexibility index (Phi) is 7.03. The highest BCUT2D eigenvalue weighted by Gasteiger charge is 2.23. The number of benzene rings is 2. The van der Waals surface area contributed by atoms with E-state index in [0.29, 0.717) is 6.61 Å². The van der Waals surface area contributed by atoms with E-state index >= 15 is 0 Å². The number of anilines is 4. The molecule has 1 unspecified atom stereocenters. The molecule has 7 nitrogen and oxygen atoms in total. The van der Waals surface area contributed by atoms with Gasteiger partial charge in [-0.1, -0.05) is 6.07 Å². The van der Waals surface area contributed by atoms with Crippen molar-refractivity contribution in [2.75, 3.05) is 29.3 Å². The Morgan fingerprint density at radius 2 is 1.77 bits per heavy atom. The molecule has 162 valence electrons. The van der Waals surface area contributed by atoms with Gasteiger partial charge in [0.15, 0.2) is 0 Å². The van der Waals surface area contributed by atoms with Gasteiger partial charge in [0, 0.05) is 25.4 Å². The number of ether oxygens (including phenoxy) is 1. The summed E-state index contributed by atoms with van der Waals surface area (Å²) in [6, 6.07) is 8.63. The zero-order valence-corrected chi connectivity index (χ0v) is 16.8. The zero-order chi connectivity index (χ0) is 22.4. The maximum atomic E-state index is 14.0. The van der Waals surface area contributed by atoms with E-state index in [1.165, 1.54) is 30.5 Å². The highest BCUT2D eigenvalue weighted by Crippen LogP contribution is 2.27. The van der Waals surface area contributed by atoms with Crippen molar-refractivity contribution in [1.29, 1.82) is 0 Å². The number of methoxy groups -OCH3 is 1. The lowest BCUT2D eigenvalue weighted by atomic mass is 10.2. The van der Waals surface area contributed by atoms with Gasteiger partial charge in [-0.05, 0) is 43.3 Å². The largest absolute Gasteiger partial charge is 0.383 e. The van der Waals surface area contributed by atoms with Crippen LogP contribution in [0.4, 0.5) is 41.1 Å². The molecule has 1 atom stereocenters. The zero-order valence-electron chi connectivity index (χ0n) is 16.8. The number of urea groups is 1. The van der Waals surface area contributed by atoms with Crippen molar-refractivity contribution < 1.29 is 22.7 Å². The predicted molar refractivity (Wildman–Crippen MR) is 111 cm³/mol. The van der Waals surface area contributed by atoms with Crippen LogP contribution in [0.2, 0.25) is 0 Å². The lowest BCUT2D eigenvalue weighted by molar-refractivity contribution is 0.190. The molecule has 0 saturated carbocycles. The molecule has 0 spiro atoms. The van der Waals surface area contributed by atoms with Crippen molar-refractivity contribution in [3.8, 4) is 0 Å². The number of hydrogen-bond donors (Lipinski definition) is 2. The summed E-state index contributed by atoms with van der Waals surface area (Å²) in [4.78, 5) is 22.5. The summed E-state index contributed by atoms with van der Waals surface area (Å²) >= 11 is 0. The van der Waals surface area contributed by atoms with Crippen molar-refractivity contribution in [3.63, 3.8) is 0 Å². The molecule has 10 heteroatoms. The fraction of sp³-hybridized carbons (Fsp3) is 0.190. The summed E-state index contributed by atoms with van der Waals surface area (Å²) in [5.74, 6) is -2.08. The lowest BCUT2D eigenvalue weighted by Crippen LogP contribution is -2.32. The van der Waals surface area contributed by atoms with Gasteiger partial charge in [-0.25, -0.2) is 27.8 Å². The van der Waals surface area contributed by atoms with E-state index in [1.807, 2.05) is 6.92 Å². The first-order valence-corrected chi connectivity index (χ1v) is 9.28. The van der Waals surface area contributed by atoms with Crippen LogP contribution in [0.5, 0.6) is 0 Å². The van der Waals surface area contributed by atoms with Gasteiger partial charge < -0.3 is 15.4 Å². The molecule has 0 aliphatic heterocycles. The molecule has 31 heavy (non-hydrogen) atoms. The number of para-hydroxylation sites is 1. The highest BCUT2D eigenvalue weighted by molar-refractivity contribution is 6.06. The van der Waals surface area contributed by atoms with Gasteiger partial charge in [0.2, 0.25) is 5.95 Å². The number of nitrogens with zero attached hydrogens (tertiary/aromatic N) is 3. The van der Waals surface area contributed by atoms with Gasteiger partial charge in [-0.2, -0.15) is 4.98 Å². The van der Waals surface area contributed by atoms with Crippen molar-refractivity contribution in [1.82, 2.24) is 9.97 Å². The summed E-state index contributed by atoms with van der Waals surface area (Å²) in [7, 11) is 1.55. The Morgan fingerprint density at radius 1 is 1.10 bits per heavy atom. The minimum absolute atomic E-state index is 0.1000. The molecular formula is C21H20F3N5O2. The smallest absolute Gasteiger partial charge is 0.332 e. The number of amides is 2. The van der Waals surface area contributed by atoms with Crippen molar-refractivity contribution in [2.24, 2.45) is 0 Å². The molecule has 0 radical (unpaired) electrons. The number of carbonyl (C=O) groups excluding carboxylic acids is 1. The number of carbonyl (C=O) groups is 1. The van der Waals surface area contributed by atoms with Gasteiger partial charge in [0.05, 0.1) is 12.3 Å². The predicted octanol–water partition coefficient (Wildman–Crippen LogP) is 4.71. The Hall–Kier alpha value is -3.66. The first-order chi connectivity index (χ1) is 14.9. The molecule has 2 aromatic carbocycles. The minimum atomic E-state index is -0.939. The Balaban J connectivity index is 1.97. The fourth-order valence-electron chi connectivity index (χ4n) is 2.78. The quantitative estimate of drug-likeness (QED) is 0.566. The third kappa shape index (κ3) is 5.48. The molecule has 0 fully saturated rings. The molecule has 1 aromatic heterocycles. The highest BCUT2D eigenvalue weighted by atomic mass is 19.1. The van der Waals surface area contributed by atoms with Crippen LogP contribution in [-0.4, -0.2) is 35.8 Å². The van der Waals surface area contributed by atoms with E-state index in [2.05, 4.69) is 20.6 Å². The molecule has 3 rings (SSSR count). The molecule has 0 aliphatic rings. The normalized spacial score (nSPS) is 11.6. The lowest BCUT2D eigenvalue weighted by Gasteiger charge is -2.23. The number of nitrogens with one attached hydrogen (secondary N) is 2. The monoisotopic (exact) mass is 431 g/mol. The second-order valence-electron chi connectivity index (χ2n) is 6.58. The maximum Gasteiger partial charge on any atom is 0.332 e. The average Bonchev–Trinajstić information content (AvgIpc) is 2.73. The van der Waals surface area contributed by atoms with E-state index in [9.17, 15) is 18.0 Å². The number of rotatable bonds is 7. The van der Waals surface area contributed by atoms with E-state index < -0.39 is 29.2 Å². The summed E-state index contributed by atoms with van der Waals surface area (Å²) in [5, 5.41) is 5.23. The SMILES string of the molecule is COCC(C)Nc1nccc(N(C(=O)Nc2c(F)cccc2F)c2ccc(F)cc2)n1. The van der Waals surface area contributed by atoms with E-state index in [-0.39, 0.29) is 23.5 Å². The second kappa shape index (κ2) is 9.90. The summed E-state index contributed by atoms with van der Waals surface area (Å²) < 4.78 is 46.6. The van der Waals surface area contributed by atoms with Crippen LogP contribution in [0.1, 0.15) is 6.92 Å². The molecule has 1 heterocycles. The summed E-state index contributed by atoms with van der Waals surface area (Å²) in [5.41, 5.74) is -0.383. The van der Waals surface area contributed by atoms with Gasteiger partial charge in [0.1, 0.15) is 29.0 Å². The molecule has 0 bridgehead atoms. The van der Waals surface area contributed by atoms with Gasteiger partial charge in [0.25, 0.3) is 0 Å². The van der Waals surface area contributed by atoms with Crippen LogP contribution in [0.25, 0.3) is 0 Å². The van der Waals surface area contributed by atoms with E-state index in [0.717, 1.165) is 29.2 Å². The molecule has 0 saturated heterocycles. The van der Waals surface area contributed by atoms with Crippen molar-refractivity contribution in [2.45, 2.75) is 13.0 Å². The molecular weight excluding hydrogens is 411 g/mol. The third-order valence-electron chi connectivity index (χ3n) is 4.14. The molecule has 3 aromatic rings. The average molecular weight is 431 g/mol. The maximum absolute atomic E-state index is 14.0. The topological polar surface area (TPSA) is 79.4 Å². The Labute approximate surface area is 176 Å². The van der Waals surface area contributed by atoms with Gasteiger partial charge in [-0.15, -0.1) is 0 Å². The van der Waals surface area contributed by atoms with Crippen LogP contribution < -0.4 is 15.5 Å². The van der Waals surface area contributed by atoms with E-state index in [4.69, 9.17) is 4.74 Å². The first kappa shape index (κ1) is 22.0. The molecule has 2 N–H and O–H groups in total.